The summed E-state index contributed by atoms with van der Waals surface area (Å²) in [6.45, 7) is 3.01. The number of aromatic nitrogens is 1. The molecule has 0 unspecified atom stereocenters. The van der Waals surface area contributed by atoms with Gasteiger partial charge >= 0.3 is 0 Å². The number of anilines is 2. The Morgan fingerprint density at radius 2 is 2.13 bits per heavy atom. The van der Waals surface area contributed by atoms with Gasteiger partial charge in [-0.05, 0) is 36.8 Å². The molecule has 1 aromatic heterocycles. The van der Waals surface area contributed by atoms with Crippen LogP contribution in [0.15, 0.2) is 36.5 Å². The van der Waals surface area contributed by atoms with Gasteiger partial charge in [-0.2, -0.15) is 0 Å². The summed E-state index contributed by atoms with van der Waals surface area (Å²) in [5, 5.41) is 6.43. The number of nitrogens with one attached hydrogen (secondary N) is 2. The second-order valence-electron chi connectivity index (χ2n) is 5.02. The summed E-state index contributed by atoms with van der Waals surface area (Å²) in [4.78, 5) is 16.4. The molecule has 0 aliphatic heterocycles. The van der Waals surface area contributed by atoms with Gasteiger partial charge in [-0.1, -0.05) is 24.9 Å². The monoisotopic (exact) mass is 333 g/mol. The molecular weight excluding hydrogens is 314 g/mol. The van der Waals surface area contributed by atoms with Crippen molar-refractivity contribution in [3.8, 4) is 5.75 Å². The second-order valence-corrected chi connectivity index (χ2v) is 5.42. The number of benzene rings is 1. The number of carbonyl (C=O) groups is 1. The van der Waals surface area contributed by atoms with Gasteiger partial charge in [0.15, 0.2) is 0 Å². The van der Waals surface area contributed by atoms with E-state index < -0.39 is 0 Å². The molecule has 1 aromatic carbocycles. The third kappa shape index (κ3) is 4.86. The van der Waals surface area contributed by atoms with Gasteiger partial charge in [0.25, 0.3) is 5.91 Å². The predicted octanol–water partition coefficient (Wildman–Crippen LogP) is 4.21. The summed E-state index contributed by atoms with van der Waals surface area (Å²) in [5.74, 6) is 1.09. The van der Waals surface area contributed by atoms with Crippen LogP contribution in [0.3, 0.4) is 0 Å². The zero-order chi connectivity index (χ0) is 16.7. The van der Waals surface area contributed by atoms with Crippen LogP contribution < -0.4 is 15.4 Å². The standard InChI is InChI=1S/C17H20ClN3O2/c1-3-4-9-19-16-8-5-12(11-20-16)17(22)21-13-6-7-15(23-2)14(18)10-13/h5-8,10-11H,3-4,9H2,1-2H3,(H,19,20)(H,21,22). The van der Waals surface area contributed by atoms with Crippen LogP contribution in [0.4, 0.5) is 11.5 Å². The molecular formula is C17H20ClN3O2. The zero-order valence-corrected chi connectivity index (χ0v) is 14.0. The Kier molecular flexibility index (Phi) is 6.23. The first kappa shape index (κ1) is 17.1. The van der Waals surface area contributed by atoms with E-state index in [9.17, 15) is 4.79 Å². The number of halogens is 1. The molecule has 2 aromatic rings. The number of methoxy groups -OCH3 is 1. The van der Waals surface area contributed by atoms with Gasteiger partial charge in [0.1, 0.15) is 11.6 Å². The van der Waals surface area contributed by atoms with E-state index in [0.717, 1.165) is 25.2 Å². The topological polar surface area (TPSA) is 63.2 Å². The summed E-state index contributed by atoms with van der Waals surface area (Å²) < 4.78 is 5.08. The van der Waals surface area contributed by atoms with Gasteiger partial charge in [0, 0.05) is 18.4 Å². The van der Waals surface area contributed by atoms with E-state index >= 15 is 0 Å². The molecule has 0 aliphatic carbocycles. The third-order valence-electron chi connectivity index (χ3n) is 3.27. The lowest BCUT2D eigenvalue weighted by atomic mass is 10.2. The molecule has 0 saturated carbocycles. The van der Waals surface area contributed by atoms with E-state index in [4.69, 9.17) is 16.3 Å². The lowest BCUT2D eigenvalue weighted by molar-refractivity contribution is 0.102. The van der Waals surface area contributed by atoms with Crippen LogP contribution in [0.25, 0.3) is 0 Å². The first-order valence-corrected chi connectivity index (χ1v) is 7.86. The number of amides is 1. The number of hydrogen-bond acceptors (Lipinski definition) is 4. The average molecular weight is 334 g/mol. The molecule has 23 heavy (non-hydrogen) atoms. The highest BCUT2D eigenvalue weighted by atomic mass is 35.5. The Bertz CT molecular complexity index is 659. The largest absolute Gasteiger partial charge is 0.495 e. The van der Waals surface area contributed by atoms with Crippen molar-refractivity contribution >= 4 is 29.0 Å². The van der Waals surface area contributed by atoms with Crippen LogP contribution in [0.5, 0.6) is 5.75 Å². The predicted molar refractivity (Wildman–Crippen MR) is 93.6 cm³/mol. The molecule has 1 amide bonds. The molecule has 0 radical (unpaired) electrons. The first-order valence-electron chi connectivity index (χ1n) is 7.49. The maximum Gasteiger partial charge on any atom is 0.257 e. The number of nitrogens with zero attached hydrogens (tertiary/aromatic N) is 1. The second kappa shape index (κ2) is 8.39. The van der Waals surface area contributed by atoms with Crippen molar-refractivity contribution in [1.82, 2.24) is 4.98 Å². The molecule has 1 heterocycles. The SMILES string of the molecule is CCCCNc1ccc(C(=O)Nc2ccc(OC)c(Cl)c2)cn1. The average Bonchev–Trinajstić information content (AvgIpc) is 2.56. The molecule has 0 saturated heterocycles. The van der Waals surface area contributed by atoms with Crippen LogP contribution >= 0.6 is 11.6 Å². The quantitative estimate of drug-likeness (QED) is 0.745. The fraction of sp³-hybridized carbons (Fsp3) is 0.294. The van der Waals surface area contributed by atoms with Crippen molar-refractivity contribution in [2.24, 2.45) is 0 Å². The van der Waals surface area contributed by atoms with Crippen molar-refractivity contribution in [1.29, 1.82) is 0 Å². The number of pyridine rings is 1. The number of hydrogen-bond donors (Lipinski definition) is 2. The van der Waals surface area contributed by atoms with E-state index in [2.05, 4.69) is 22.5 Å². The Labute approximate surface area is 141 Å². The fourth-order valence-corrected chi connectivity index (χ4v) is 2.23. The smallest absolute Gasteiger partial charge is 0.257 e. The number of ether oxygens (including phenoxy) is 1. The highest BCUT2D eigenvalue weighted by molar-refractivity contribution is 6.32. The van der Waals surface area contributed by atoms with Crippen LogP contribution in [-0.4, -0.2) is 24.5 Å². The molecule has 0 fully saturated rings. The van der Waals surface area contributed by atoms with Gasteiger partial charge < -0.3 is 15.4 Å². The summed E-state index contributed by atoms with van der Waals surface area (Å²) in [5.41, 5.74) is 1.09. The molecule has 2 N–H and O–H groups in total. The summed E-state index contributed by atoms with van der Waals surface area (Å²) in [7, 11) is 1.54. The van der Waals surface area contributed by atoms with Crippen molar-refractivity contribution < 1.29 is 9.53 Å². The lowest BCUT2D eigenvalue weighted by Gasteiger charge is -2.09. The third-order valence-corrected chi connectivity index (χ3v) is 3.57. The van der Waals surface area contributed by atoms with E-state index in [1.165, 1.54) is 0 Å². The van der Waals surface area contributed by atoms with Gasteiger partial charge in [-0.15, -0.1) is 0 Å². The molecule has 0 atom stereocenters. The van der Waals surface area contributed by atoms with E-state index in [0.29, 0.717) is 22.0 Å². The number of carbonyl (C=O) groups excluding carboxylic acids is 1. The number of rotatable bonds is 7. The minimum Gasteiger partial charge on any atom is -0.495 e. The van der Waals surface area contributed by atoms with Crippen LogP contribution in [0.1, 0.15) is 30.1 Å². The number of unbranched alkanes of at least 4 members (excludes halogenated alkanes) is 1. The Balaban J connectivity index is 1.99. The zero-order valence-electron chi connectivity index (χ0n) is 13.2. The van der Waals surface area contributed by atoms with Gasteiger partial charge in [-0.25, -0.2) is 4.98 Å². The highest BCUT2D eigenvalue weighted by Crippen LogP contribution is 2.27. The molecule has 0 bridgehead atoms. The summed E-state index contributed by atoms with van der Waals surface area (Å²) in [6.07, 6.45) is 3.76. The summed E-state index contributed by atoms with van der Waals surface area (Å²) >= 11 is 6.04. The van der Waals surface area contributed by atoms with Gasteiger partial charge in [-0.3, -0.25) is 4.79 Å². The minimum absolute atomic E-state index is 0.237. The highest BCUT2D eigenvalue weighted by Gasteiger charge is 2.08. The normalized spacial score (nSPS) is 10.2. The van der Waals surface area contributed by atoms with Crippen LogP contribution in [-0.2, 0) is 0 Å². The fourth-order valence-electron chi connectivity index (χ4n) is 1.97. The van der Waals surface area contributed by atoms with E-state index in [1.54, 1.807) is 43.6 Å². The lowest BCUT2D eigenvalue weighted by Crippen LogP contribution is -2.12. The molecule has 5 nitrogen and oxygen atoms in total. The van der Waals surface area contributed by atoms with E-state index in [1.807, 2.05) is 0 Å². The van der Waals surface area contributed by atoms with E-state index in [-0.39, 0.29) is 5.91 Å². The van der Waals surface area contributed by atoms with Crippen LogP contribution in [0, 0.1) is 0 Å². The minimum atomic E-state index is -0.237. The molecule has 0 aliphatic rings. The van der Waals surface area contributed by atoms with Gasteiger partial charge in [0.05, 0.1) is 17.7 Å². The van der Waals surface area contributed by atoms with Crippen LogP contribution in [0.2, 0.25) is 5.02 Å². The first-order chi connectivity index (χ1) is 11.1. The Hall–Kier alpha value is -2.27. The maximum atomic E-state index is 12.2. The van der Waals surface area contributed by atoms with Crippen molar-refractivity contribution in [2.45, 2.75) is 19.8 Å². The molecule has 0 spiro atoms. The van der Waals surface area contributed by atoms with Crippen molar-refractivity contribution in [3.05, 3.63) is 47.1 Å². The van der Waals surface area contributed by atoms with Gasteiger partial charge in [0.2, 0.25) is 0 Å². The molecule has 122 valence electrons. The Morgan fingerprint density at radius 3 is 2.74 bits per heavy atom. The molecule has 2 rings (SSSR count). The van der Waals surface area contributed by atoms with Crippen molar-refractivity contribution in [3.63, 3.8) is 0 Å². The maximum absolute atomic E-state index is 12.2. The molecule has 6 heteroatoms. The van der Waals surface area contributed by atoms with Crippen molar-refractivity contribution in [2.75, 3.05) is 24.3 Å². The Morgan fingerprint density at radius 1 is 1.30 bits per heavy atom. The summed E-state index contributed by atoms with van der Waals surface area (Å²) in [6, 6.07) is 8.62.